The molecular formula is C18H20FN3O2. The molecule has 1 fully saturated rings. The molecule has 1 atom stereocenters. The van der Waals surface area contributed by atoms with Crippen molar-refractivity contribution in [1.29, 1.82) is 0 Å². The fourth-order valence-corrected chi connectivity index (χ4v) is 2.98. The highest BCUT2D eigenvalue weighted by Gasteiger charge is 2.24. The number of benzene rings is 1. The Morgan fingerprint density at radius 3 is 2.96 bits per heavy atom. The molecule has 1 aliphatic heterocycles. The van der Waals surface area contributed by atoms with Crippen LogP contribution < -0.4 is 5.32 Å². The molecular weight excluding hydrogens is 309 g/mol. The van der Waals surface area contributed by atoms with Gasteiger partial charge in [0.25, 0.3) is 5.91 Å². The van der Waals surface area contributed by atoms with Crippen LogP contribution in [0.25, 0.3) is 0 Å². The first kappa shape index (κ1) is 16.4. The van der Waals surface area contributed by atoms with Crippen molar-refractivity contribution in [2.45, 2.75) is 13.0 Å². The van der Waals surface area contributed by atoms with Crippen LogP contribution in [0.4, 0.5) is 4.39 Å². The van der Waals surface area contributed by atoms with Crippen molar-refractivity contribution in [3.63, 3.8) is 0 Å². The number of likely N-dealkylation sites (tertiary alicyclic amines) is 1. The fourth-order valence-electron chi connectivity index (χ4n) is 2.98. The van der Waals surface area contributed by atoms with Gasteiger partial charge in [0.15, 0.2) is 5.69 Å². The van der Waals surface area contributed by atoms with E-state index < -0.39 is 0 Å². The Bertz CT molecular complexity index is 723. The summed E-state index contributed by atoms with van der Waals surface area (Å²) in [7, 11) is 0. The first-order valence-electron chi connectivity index (χ1n) is 8.01. The Kier molecular flexibility index (Phi) is 5.05. The molecule has 0 bridgehead atoms. The average Bonchev–Trinajstić information content (AvgIpc) is 3.03. The van der Waals surface area contributed by atoms with Crippen LogP contribution in [0.15, 0.2) is 42.6 Å². The third-order valence-electron chi connectivity index (χ3n) is 4.27. The van der Waals surface area contributed by atoms with Crippen LogP contribution in [-0.2, 0) is 6.54 Å². The molecule has 0 saturated carbocycles. The molecule has 2 aromatic rings. The van der Waals surface area contributed by atoms with Gasteiger partial charge in [-0.25, -0.2) is 9.37 Å². The van der Waals surface area contributed by atoms with Crippen LogP contribution in [0.2, 0.25) is 0 Å². The molecule has 1 saturated heterocycles. The molecule has 24 heavy (non-hydrogen) atoms. The number of carbonyl (C=O) groups excluding carboxylic acids is 1. The van der Waals surface area contributed by atoms with E-state index in [-0.39, 0.29) is 23.2 Å². The monoisotopic (exact) mass is 329 g/mol. The molecule has 2 heterocycles. The second-order valence-electron chi connectivity index (χ2n) is 6.06. The van der Waals surface area contributed by atoms with Gasteiger partial charge in [0.2, 0.25) is 0 Å². The van der Waals surface area contributed by atoms with Crippen LogP contribution in [-0.4, -0.2) is 40.5 Å². The Balaban J connectivity index is 1.49. The van der Waals surface area contributed by atoms with Gasteiger partial charge in [-0.15, -0.1) is 0 Å². The van der Waals surface area contributed by atoms with Gasteiger partial charge in [0.05, 0.1) is 0 Å². The predicted octanol–water partition coefficient (Wildman–Crippen LogP) is 2.18. The van der Waals surface area contributed by atoms with Crippen molar-refractivity contribution in [3.8, 4) is 5.75 Å². The summed E-state index contributed by atoms with van der Waals surface area (Å²) in [6, 6.07) is 9.81. The highest BCUT2D eigenvalue weighted by Crippen LogP contribution is 2.20. The number of halogens is 1. The minimum absolute atomic E-state index is 0.0405. The Morgan fingerprint density at radius 1 is 1.33 bits per heavy atom. The molecule has 2 N–H and O–H groups in total. The fraction of sp³-hybridized carbons (Fsp3) is 0.333. The van der Waals surface area contributed by atoms with Gasteiger partial charge in [-0.2, -0.15) is 0 Å². The van der Waals surface area contributed by atoms with E-state index in [0.717, 1.165) is 19.5 Å². The number of hydrogen-bond acceptors (Lipinski definition) is 4. The molecule has 0 spiro atoms. The molecule has 1 aromatic heterocycles. The first-order valence-corrected chi connectivity index (χ1v) is 8.01. The summed E-state index contributed by atoms with van der Waals surface area (Å²) in [6.45, 7) is 2.79. The number of amides is 1. The molecule has 3 rings (SSSR count). The lowest BCUT2D eigenvalue weighted by Gasteiger charge is -2.16. The molecule has 1 aliphatic rings. The van der Waals surface area contributed by atoms with Gasteiger partial charge in [-0.1, -0.05) is 18.2 Å². The maximum atomic E-state index is 13.7. The van der Waals surface area contributed by atoms with Gasteiger partial charge in [-0.3, -0.25) is 9.69 Å². The van der Waals surface area contributed by atoms with E-state index in [2.05, 4.69) is 15.2 Å². The standard InChI is InChI=1S/C18H20FN3O2/c19-15-5-2-1-4-14(15)12-22-9-7-13(11-22)10-21-18(24)17-16(23)6-3-8-20-17/h1-6,8,13,23H,7,9-12H2,(H,21,24). The van der Waals surface area contributed by atoms with E-state index in [1.165, 1.54) is 18.3 Å². The summed E-state index contributed by atoms with van der Waals surface area (Å²) >= 11 is 0. The lowest BCUT2D eigenvalue weighted by atomic mass is 10.1. The summed E-state index contributed by atoms with van der Waals surface area (Å²) < 4.78 is 13.7. The number of aromatic nitrogens is 1. The van der Waals surface area contributed by atoms with Crippen molar-refractivity contribution < 1.29 is 14.3 Å². The average molecular weight is 329 g/mol. The molecule has 1 aromatic carbocycles. The van der Waals surface area contributed by atoms with Gasteiger partial charge >= 0.3 is 0 Å². The van der Waals surface area contributed by atoms with Gasteiger partial charge < -0.3 is 10.4 Å². The van der Waals surface area contributed by atoms with Crippen LogP contribution in [0.1, 0.15) is 22.5 Å². The topological polar surface area (TPSA) is 65.5 Å². The maximum Gasteiger partial charge on any atom is 0.273 e. The van der Waals surface area contributed by atoms with Crippen molar-refractivity contribution in [1.82, 2.24) is 15.2 Å². The zero-order valence-electron chi connectivity index (χ0n) is 13.3. The zero-order valence-corrected chi connectivity index (χ0v) is 13.3. The second-order valence-corrected chi connectivity index (χ2v) is 6.06. The number of nitrogens with one attached hydrogen (secondary N) is 1. The molecule has 6 heteroatoms. The summed E-state index contributed by atoms with van der Waals surface area (Å²) in [5, 5.41) is 12.5. The molecule has 0 aliphatic carbocycles. The van der Waals surface area contributed by atoms with Crippen LogP contribution in [0.5, 0.6) is 5.75 Å². The molecule has 0 radical (unpaired) electrons. The zero-order chi connectivity index (χ0) is 16.9. The minimum Gasteiger partial charge on any atom is -0.505 e. The number of carbonyl (C=O) groups is 1. The van der Waals surface area contributed by atoms with Crippen molar-refractivity contribution in [2.75, 3.05) is 19.6 Å². The molecule has 5 nitrogen and oxygen atoms in total. The van der Waals surface area contributed by atoms with E-state index >= 15 is 0 Å². The van der Waals surface area contributed by atoms with Crippen LogP contribution >= 0.6 is 0 Å². The Hall–Kier alpha value is -2.47. The lowest BCUT2D eigenvalue weighted by molar-refractivity contribution is 0.0939. The van der Waals surface area contributed by atoms with Gasteiger partial charge in [-0.05, 0) is 37.1 Å². The largest absolute Gasteiger partial charge is 0.505 e. The van der Waals surface area contributed by atoms with Gasteiger partial charge in [0, 0.05) is 31.4 Å². The highest BCUT2D eigenvalue weighted by molar-refractivity contribution is 5.94. The van der Waals surface area contributed by atoms with Crippen LogP contribution in [0, 0.1) is 11.7 Å². The third-order valence-corrected chi connectivity index (χ3v) is 4.27. The highest BCUT2D eigenvalue weighted by atomic mass is 19.1. The van der Waals surface area contributed by atoms with E-state index in [1.807, 2.05) is 6.07 Å². The normalized spacial score (nSPS) is 17.8. The number of hydrogen-bond donors (Lipinski definition) is 2. The number of rotatable bonds is 5. The van der Waals surface area contributed by atoms with E-state index in [4.69, 9.17) is 0 Å². The number of aromatic hydroxyl groups is 1. The maximum absolute atomic E-state index is 13.7. The lowest BCUT2D eigenvalue weighted by Crippen LogP contribution is -2.31. The molecule has 1 amide bonds. The predicted molar refractivity (Wildman–Crippen MR) is 88.0 cm³/mol. The number of pyridine rings is 1. The Labute approximate surface area is 140 Å². The molecule has 1 unspecified atom stereocenters. The quantitative estimate of drug-likeness (QED) is 0.882. The Morgan fingerprint density at radius 2 is 2.17 bits per heavy atom. The molecule has 126 valence electrons. The van der Waals surface area contributed by atoms with E-state index in [9.17, 15) is 14.3 Å². The van der Waals surface area contributed by atoms with Crippen LogP contribution in [0.3, 0.4) is 0 Å². The van der Waals surface area contributed by atoms with Gasteiger partial charge in [0.1, 0.15) is 11.6 Å². The number of nitrogens with zero attached hydrogens (tertiary/aromatic N) is 2. The summed E-state index contributed by atoms with van der Waals surface area (Å²) in [5.74, 6) is -0.366. The summed E-state index contributed by atoms with van der Waals surface area (Å²) in [4.78, 5) is 18.1. The third kappa shape index (κ3) is 3.89. The van der Waals surface area contributed by atoms with E-state index in [1.54, 1.807) is 18.2 Å². The van der Waals surface area contributed by atoms with Crippen molar-refractivity contribution >= 4 is 5.91 Å². The smallest absolute Gasteiger partial charge is 0.273 e. The van der Waals surface area contributed by atoms with Crippen molar-refractivity contribution in [3.05, 3.63) is 59.7 Å². The minimum atomic E-state index is -0.374. The first-order chi connectivity index (χ1) is 11.6. The second kappa shape index (κ2) is 7.40. The summed E-state index contributed by atoms with van der Waals surface area (Å²) in [5.41, 5.74) is 0.735. The summed E-state index contributed by atoms with van der Waals surface area (Å²) in [6.07, 6.45) is 2.42. The van der Waals surface area contributed by atoms with E-state index in [0.29, 0.717) is 24.6 Å². The SMILES string of the molecule is O=C(NCC1CCN(Cc2ccccc2F)C1)c1ncccc1O. The van der Waals surface area contributed by atoms with Crippen molar-refractivity contribution in [2.24, 2.45) is 5.92 Å².